The number of carboxylic acid groups (broad SMARTS) is 1. The molecule has 0 bridgehead atoms. The van der Waals surface area contributed by atoms with Crippen molar-refractivity contribution in [3.8, 4) is 21.9 Å². The maximum absolute atomic E-state index is 12.9. The first-order chi connectivity index (χ1) is 16.3. The van der Waals surface area contributed by atoms with Crippen LogP contribution in [0.4, 0.5) is 0 Å². The number of carboxylic acids is 1. The first-order valence-electron chi connectivity index (χ1n) is 10.7. The molecule has 0 spiro atoms. The summed E-state index contributed by atoms with van der Waals surface area (Å²) in [7, 11) is -0.598. The summed E-state index contributed by atoms with van der Waals surface area (Å²) in [6.07, 6.45) is 4.16. The third-order valence-corrected chi connectivity index (χ3v) is 8.93. The summed E-state index contributed by atoms with van der Waals surface area (Å²) in [6.45, 7) is 1.77. The third-order valence-electron chi connectivity index (χ3n) is 5.71. The monoisotopic (exact) mass is 499 g/mol. The van der Waals surface area contributed by atoms with Crippen molar-refractivity contribution in [1.82, 2.24) is 4.31 Å². The van der Waals surface area contributed by atoms with E-state index >= 15 is 0 Å². The molecule has 2 aromatic carbocycles. The van der Waals surface area contributed by atoms with Crippen LogP contribution in [0.2, 0.25) is 0 Å². The molecule has 0 saturated heterocycles. The minimum Gasteiger partial charge on any atom is -0.497 e. The van der Waals surface area contributed by atoms with Gasteiger partial charge in [0.25, 0.3) is 0 Å². The second-order valence-electron chi connectivity index (χ2n) is 7.81. The summed E-state index contributed by atoms with van der Waals surface area (Å²) in [5.41, 5.74) is 2.84. The molecule has 1 aromatic heterocycles. The van der Waals surface area contributed by atoms with Gasteiger partial charge < -0.3 is 14.6 Å². The van der Waals surface area contributed by atoms with Gasteiger partial charge in [-0.3, -0.25) is 4.79 Å². The highest BCUT2D eigenvalue weighted by Gasteiger charge is 2.43. The Morgan fingerprint density at radius 3 is 2.21 bits per heavy atom. The van der Waals surface area contributed by atoms with Crippen molar-refractivity contribution < 1.29 is 27.8 Å². The second-order valence-corrected chi connectivity index (χ2v) is 10.8. The predicted octanol–water partition coefficient (Wildman–Crippen LogP) is 4.97. The molecule has 1 unspecified atom stereocenters. The summed E-state index contributed by atoms with van der Waals surface area (Å²) in [6, 6.07) is 14.1. The van der Waals surface area contributed by atoms with Crippen LogP contribution in [0.3, 0.4) is 0 Å². The number of hydrogen-bond acceptors (Lipinski definition) is 6. The minimum atomic E-state index is -3.82. The van der Waals surface area contributed by atoms with Gasteiger partial charge in [0.2, 0.25) is 10.0 Å². The largest absolute Gasteiger partial charge is 0.497 e. The van der Waals surface area contributed by atoms with Crippen LogP contribution in [-0.4, -0.2) is 44.1 Å². The van der Waals surface area contributed by atoms with Crippen molar-refractivity contribution in [2.45, 2.75) is 30.8 Å². The van der Waals surface area contributed by atoms with Crippen LogP contribution in [0.15, 0.2) is 53.4 Å². The van der Waals surface area contributed by atoms with E-state index in [1.54, 1.807) is 27.2 Å². The summed E-state index contributed by atoms with van der Waals surface area (Å²) >= 11 is 1.39. The lowest BCUT2D eigenvalue weighted by molar-refractivity contribution is -0.141. The number of rotatable bonds is 8. The number of thiophene rings is 1. The van der Waals surface area contributed by atoms with Crippen LogP contribution < -0.4 is 9.47 Å². The topological polar surface area (TPSA) is 93.1 Å². The number of nitrogens with zero attached hydrogens (tertiary/aromatic N) is 1. The molecule has 178 valence electrons. The van der Waals surface area contributed by atoms with E-state index in [9.17, 15) is 18.3 Å². The molecule has 1 aliphatic rings. The molecule has 2 heterocycles. The number of ether oxygens (including phenoxy) is 2. The Balaban J connectivity index is 1.54. The van der Waals surface area contributed by atoms with E-state index in [0.29, 0.717) is 16.4 Å². The van der Waals surface area contributed by atoms with E-state index in [-0.39, 0.29) is 17.9 Å². The Morgan fingerprint density at radius 1 is 1.06 bits per heavy atom. The van der Waals surface area contributed by atoms with Gasteiger partial charge in [0, 0.05) is 15.8 Å². The standard InChI is InChI=1S/C25H25NO6S2/c1-4-21(25(27)28)26-15-23-24(34(26,29)30)14-22(33-23)18-9-7-16(8-10-18)5-6-17-11-19(31-2)13-20(12-17)32-3/h5-14,21H,4,15H2,1-3H3,(H,27,28). The molecule has 7 nitrogen and oxygen atoms in total. The smallest absolute Gasteiger partial charge is 0.322 e. The summed E-state index contributed by atoms with van der Waals surface area (Å²) in [5.74, 6) is 0.293. The first-order valence-corrected chi connectivity index (χ1v) is 12.9. The zero-order chi connectivity index (χ0) is 24.5. The number of fused-ring (bicyclic) bond motifs is 1. The molecule has 4 rings (SSSR count). The van der Waals surface area contributed by atoms with Crippen LogP contribution in [0.1, 0.15) is 29.3 Å². The van der Waals surface area contributed by atoms with Crippen LogP contribution in [0.5, 0.6) is 11.5 Å². The highest BCUT2D eigenvalue weighted by molar-refractivity contribution is 7.89. The van der Waals surface area contributed by atoms with Gasteiger partial charge in [0.05, 0.1) is 25.7 Å². The molecule has 9 heteroatoms. The molecular formula is C25H25NO6S2. The minimum absolute atomic E-state index is 0.0952. The van der Waals surface area contributed by atoms with E-state index in [1.807, 2.05) is 54.6 Å². The molecule has 0 aliphatic carbocycles. The molecule has 1 atom stereocenters. The van der Waals surface area contributed by atoms with E-state index in [4.69, 9.17) is 9.47 Å². The SMILES string of the molecule is CCC(C(=O)O)N1Cc2sc(-c3ccc(C=Cc4cc(OC)cc(OC)c4)cc3)cc2S1(=O)=O. The quantitative estimate of drug-likeness (QED) is 0.440. The van der Waals surface area contributed by atoms with Crippen molar-refractivity contribution in [1.29, 1.82) is 0 Å². The highest BCUT2D eigenvalue weighted by Crippen LogP contribution is 2.42. The Kier molecular flexibility index (Phi) is 6.79. The van der Waals surface area contributed by atoms with Crippen molar-refractivity contribution in [2.75, 3.05) is 14.2 Å². The molecule has 0 saturated carbocycles. The first kappa shape index (κ1) is 24.0. The fourth-order valence-electron chi connectivity index (χ4n) is 3.89. The molecule has 1 N–H and O–H groups in total. The maximum atomic E-state index is 12.9. The number of sulfonamides is 1. The average Bonchev–Trinajstić information content (AvgIpc) is 3.36. The van der Waals surface area contributed by atoms with E-state index < -0.39 is 22.0 Å². The Bertz CT molecular complexity index is 1320. The van der Waals surface area contributed by atoms with Gasteiger partial charge in [-0.15, -0.1) is 11.3 Å². The number of hydrogen-bond donors (Lipinski definition) is 1. The van der Waals surface area contributed by atoms with Gasteiger partial charge in [-0.1, -0.05) is 43.3 Å². The lowest BCUT2D eigenvalue weighted by atomic mass is 10.1. The Labute approximate surface area is 202 Å². The van der Waals surface area contributed by atoms with Gasteiger partial charge in [-0.2, -0.15) is 4.31 Å². The number of benzene rings is 2. The van der Waals surface area contributed by atoms with Gasteiger partial charge in [0.1, 0.15) is 17.5 Å². The van der Waals surface area contributed by atoms with Crippen LogP contribution in [0.25, 0.3) is 22.6 Å². The third kappa shape index (κ3) is 4.59. The molecular weight excluding hydrogens is 474 g/mol. The van der Waals surface area contributed by atoms with Crippen molar-refractivity contribution in [3.05, 3.63) is 64.5 Å². The van der Waals surface area contributed by atoms with Crippen LogP contribution in [-0.2, 0) is 21.4 Å². The number of methoxy groups -OCH3 is 2. The average molecular weight is 500 g/mol. The van der Waals surface area contributed by atoms with Gasteiger partial charge in [-0.05, 0) is 41.3 Å². The molecule has 0 radical (unpaired) electrons. The van der Waals surface area contributed by atoms with Crippen LogP contribution in [0, 0.1) is 0 Å². The van der Waals surface area contributed by atoms with E-state index in [1.165, 1.54) is 11.3 Å². The lowest BCUT2D eigenvalue weighted by Gasteiger charge is -2.21. The molecule has 0 amide bonds. The summed E-state index contributed by atoms with van der Waals surface area (Å²) in [5, 5.41) is 9.39. The van der Waals surface area contributed by atoms with Crippen molar-refractivity contribution >= 4 is 39.5 Å². The fraction of sp³-hybridized carbons (Fsp3) is 0.240. The summed E-state index contributed by atoms with van der Waals surface area (Å²) in [4.78, 5) is 13.2. The van der Waals surface area contributed by atoms with Gasteiger partial charge in [0.15, 0.2) is 0 Å². The predicted molar refractivity (Wildman–Crippen MR) is 133 cm³/mol. The fourth-order valence-corrected chi connectivity index (χ4v) is 7.29. The Hall–Kier alpha value is -3.14. The number of aliphatic carboxylic acids is 1. The number of carbonyl (C=O) groups is 1. The molecule has 3 aromatic rings. The highest BCUT2D eigenvalue weighted by atomic mass is 32.2. The van der Waals surface area contributed by atoms with E-state index in [0.717, 1.165) is 25.9 Å². The Morgan fingerprint density at radius 2 is 1.68 bits per heavy atom. The summed E-state index contributed by atoms with van der Waals surface area (Å²) < 4.78 is 37.6. The lowest BCUT2D eigenvalue weighted by Crippen LogP contribution is -2.40. The van der Waals surface area contributed by atoms with Gasteiger partial charge in [-0.25, -0.2) is 8.42 Å². The normalized spacial score (nSPS) is 15.9. The zero-order valence-electron chi connectivity index (χ0n) is 19.0. The molecule has 34 heavy (non-hydrogen) atoms. The van der Waals surface area contributed by atoms with Crippen molar-refractivity contribution in [3.63, 3.8) is 0 Å². The maximum Gasteiger partial charge on any atom is 0.322 e. The molecule has 1 aliphatic heterocycles. The molecule has 0 fully saturated rings. The van der Waals surface area contributed by atoms with Crippen molar-refractivity contribution in [2.24, 2.45) is 0 Å². The second kappa shape index (κ2) is 9.61. The van der Waals surface area contributed by atoms with Gasteiger partial charge >= 0.3 is 5.97 Å². The zero-order valence-corrected chi connectivity index (χ0v) is 20.7. The van der Waals surface area contributed by atoms with Crippen LogP contribution >= 0.6 is 11.3 Å². The van der Waals surface area contributed by atoms with E-state index in [2.05, 4.69) is 0 Å².